The van der Waals surface area contributed by atoms with Crippen molar-refractivity contribution >= 4 is 37.4 Å². The zero-order chi connectivity index (χ0) is 16.0. The van der Waals surface area contributed by atoms with Crippen molar-refractivity contribution in [1.29, 1.82) is 0 Å². The molecule has 0 bridgehead atoms. The highest BCUT2D eigenvalue weighted by Gasteiger charge is 2.28. The van der Waals surface area contributed by atoms with Crippen LogP contribution >= 0.6 is 11.3 Å². The zero-order valence-electron chi connectivity index (χ0n) is 13.2. The molecule has 1 fully saturated rings. The minimum atomic E-state index is -3.09. The van der Waals surface area contributed by atoms with Gasteiger partial charge < -0.3 is 4.90 Å². The number of nitrogens with zero attached hydrogens (tertiary/aromatic N) is 4. The Kier molecular flexibility index (Phi) is 3.78. The van der Waals surface area contributed by atoms with Crippen molar-refractivity contribution in [1.82, 2.24) is 14.3 Å². The third-order valence-corrected chi connectivity index (χ3v) is 7.86. The molecule has 4 rings (SSSR count). The van der Waals surface area contributed by atoms with Crippen molar-refractivity contribution in [3.8, 4) is 0 Å². The Morgan fingerprint density at radius 3 is 2.70 bits per heavy atom. The molecule has 0 atom stereocenters. The Morgan fingerprint density at radius 2 is 1.96 bits per heavy atom. The molecule has 2 aliphatic rings. The summed E-state index contributed by atoms with van der Waals surface area (Å²) in [6.45, 7) is 4.15. The number of sulfonamides is 1. The van der Waals surface area contributed by atoms with Gasteiger partial charge in [-0.1, -0.05) is 0 Å². The minimum absolute atomic E-state index is 0.169. The molecule has 8 heteroatoms. The average Bonchev–Trinajstić information content (AvgIpc) is 3.15. The first-order valence-corrected chi connectivity index (χ1v) is 10.5. The van der Waals surface area contributed by atoms with Gasteiger partial charge >= 0.3 is 0 Å². The molecule has 6 nitrogen and oxygen atoms in total. The van der Waals surface area contributed by atoms with Crippen LogP contribution in [0.25, 0.3) is 10.2 Å². The fourth-order valence-corrected chi connectivity index (χ4v) is 5.82. The summed E-state index contributed by atoms with van der Waals surface area (Å²) in [6, 6.07) is 0. The Bertz CT molecular complexity index is 839. The van der Waals surface area contributed by atoms with Crippen LogP contribution in [0.3, 0.4) is 0 Å². The Hall–Kier alpha value is -1.25. The topological polar surface area (TPSA) is 66.4 Å². The molecule has 0 unspecified atom stereocenters. The van der Waals surface area contributed by atoms with Crippen molar-refractivity contribution in [2.45, 2.75) is 26.2 Å². The molecule has 1 aliphatic carbocycles. The monoisotopic (exact) mass is 352 g/mol. The number of thiophene rings is 1. The quantitative estimate of drug-likeness (QED) is 0.840. The summed E-state index contributed by atoms with van der Waals surface area (Å²) in [5.74, 6) is 1.16. The number of fused-ring (bicyclic) bond motifs is 3. The van der Waals surface area contributed by atoms with Crippen molar-refractivity contribution < 1.29 is 8.42 Å². The number of anilines is 1. The molecule has 3 heterocycles. The van der Waals surface area contributed by atoms with Crippen LogP contribution in [0.2, 0.25) is 0 Å². The van der Waals surface area contributed by atoms with E-state index in [0.717, 1.165) is 23.5 Å². The Morgan fingerprint density at radius 1 is 1.17 bits per heavy atom. The molecular weight excluding hydrogens is 332 g/mol. The van der Waals surface area contributed by atoms with E-state index in [9.17, 15) is 8.42 Å². The molecule has 124 valence electrons. The summed E-state index contributed by atoms with van der Waals surface area (Å²) in [5.41, 5.74) is 1.42. The van der Waals surface area contributed by atoms with Crippen LogP contribution in [-0.4, -0.2) is 54.6 Å². The number of hydrogen-bond acceptors (Lipinski definition) is 6. The van der Waals surface area contributed by atoms with Gasteiger partial charge in [-0.15, -0.1) is 11.3 Å². The van der Waals surface area contributed by atoms with E-state index in [0.29, 0.717) is 26.2 Å². The van der Waals surface area contributed by atoms with Gasteiger partial charge in [-0.05, 0) is 31.7 Å². The minimum Gasteiger partial charge on any atom is -0.353 e. The third kappa shape index (κ3) is 2.53. The van der Waals surface area contributed by atoms with Crippen LogP contribution in [0.5, 0.6) is 0 Å². The SMILES string of the molecule is CCS(=O)(=O)N1CCN(c2ncnc3sc4c(c23)CCC4)CC1. The van der Waals surface area contributed by atoms with Crippen molar-refractivity contribution in [3.05, 3.63) is 16.8 Å². The first-order chi connectivity index (χ1) is 11.1. The maximum atomic E-state index is 12.0. The molecule has 1 saturated heterocycles. The average molecular weight is 352 g/mol. The summed E-state index contributed by atoms with van der Waals surface area (Å²) in [4.78, 5) is 13.7. The summed E-state index contributed by atoms with van der Waals surface area (Å²) in [6.07, 6.45) is 5.12. The fraction of sp³-hybridized carbons (Fsp3) is 0.600. The predicted molar refractivity (Wildman–Crippen MR) is 92.7 cm³/mol. The molecule has 0 aromatic carbocycles. The van der Waals surface area contributed by atoms with Crippen LogP contribution in [0.1, 0.15) is 23.8 Å². The van der Waals surface area contributed by atoms with E-state index >= 15 is 0 Å². The van der Waals surface area contributed by atoms with Crippen molar-refractivity contribution in [2.24, 2.45) is 0 Å². The van der Waals surface area contributed by atoms with Gasteiger partial charge in [0.2, 0.25) is 10.0 Å². The van der Waals surface area contributed by atoms with Gasteiger partial charge in [0.25, 0.3) is 0 Å². The van der Waals surface area contributed by atoms with Gasteiger partial charge in [0.05, 0.1) is 11.1 Å². The van der Waals surface area contributed by atoms with Crippen LogP contribution in [0, 0.1) is 0 Å². The normalized spacial score (nSPS) is 19.4. The number of aryl methyl sites for hydroxylation is 2. The molecule has 0 saturated carbocycles. The van der Waals surface area contributed by atoms with Gasteiger partial charge in [0.1, 0.15) is 17.0 Å². The highest BCUT2D eigenvalue weighted by Crippen LogP contribution is 2.40. The second kappa shape index (κ2) is 5.68. The van der Waals surface area contributed by atoms with E-state index in [1.165, 1.54) is 22.2 Å². The third-order valence-electron chi connectivity index (χ3n) is 4.78. The highest BCUT2D eigenvalue weighted by atomic mass is 32.2. The maximum Gasteiger partial charge on any atom is 0.213 e. The zero-order valence-corrected chi connectivity index (χ0v) is 14.8. The van der Waals surface area contributed by atoms with E-state index in [4.69, 9.17) is 0 Å². The number of hydrogen-bond donors (Lipinski definition) is 0. The molecule has 23 heavy (non-hydrogen) atoms. The van der Waals surface area contributed by atoms with Crippen LogP contribution in [0.15, 0.2) is 6.33 Å². The maximum absolute atomic E-state index is 12.0. The highest BCUT2D eigenvalue weighted by molar-refractivity contribution is 7.89. The number of rotatable bonds is 3. The lowest BCUT2D eigenvalue weighted by Gasteiger charge is -2.34. The molecule has 0 amide bonds. The lowest BCUT2D eigenvalue weighted by atomic mass is 10.1. The van der Waals surface area contributed by atoms with E-state index in [1.807, 2.05) is 0 Å². The second-order valence-electron chi connectivity index (χ2n) is 6.02. The van der Waals surface area contributed by atoms with E-state index in [1.54, 1.807) is 28.9 Å². The summed E-state index contributed by atoms with van der Waals surface area (Å²) in [7, 11) is -3.09. The number of aromatic nitrogens is 2. The van der Waals surface area contributed by atoms with Gasteiger partial charge in [0, 0.05) is 31.1 Å². The molecule has 1 aliphatic heterocycles. The number of piperazine rings is 1. The Labute approximate surface area is 140 Å². The van der Waals surface area contributed by atoms with Crippen LogP contribution < -0.4 is 4.90 Å². The van der Waals surface area contributed by atoms with Gasteiger partial charge in [-0.25, -0.2) is 18.4 Å². The van der Waals surface area contributed by atoms with Gasteiger partial charge in [-0.3, -0.25) is 0 Å². The fourth-order valence-electron chi connectivity index (χ4n) is 3.51. The molecule has 0 radical (unpaired) electrons. The van der Waals surface area contributed by atoms with E-state index in [2.05, 4.69) is 14.9 Å². The largest absolute Gasteiger partial charge is 0.353 e. The lowest BCUT2D eigenvalue weighted by Crippen LogP contribution is -2.49. The molecule has 0 spiro atoms. The van der Waals surface area contributed by atoms with Crippen LogP contribution in [0.4, 0.5) is 5.82 Å². The first kappa shape index (κ1) is 15.3. The second-order valence-corrected chi connectivity index (χ2v) is 9.36. The molecule has 2 aromatic heterocycles. The van der Waals surface area contributed by atoms with Crippen LogP contribution in [-0.2, 0) is 22.9 Å². The molecule has 0 N–H and O–H groups in total. The van der Waals surface area contributed by atoms with Gasteiger partial charge in [0.15, 0.2) is 0 Å². The first-order valence-electron chi connectivity index (χ1n) is 8.08. The summed E-state index contributed by atoms with van der Waals surface area (Å²) >= 11 is 1.79. The van der Waals surface area contributed by atoms with E-state index in [-0.39, 0.29) is 5.75 Å². The Balaban J connectivity index is 1.64. The smallest absolute Gasteiger partial charge is 0.213 e. The van der Waals surface area contributed by atoms with E-state index < -0.39 is 10.0 Å². The lowest BCUT2D eigenvalue weighted by molar-refractivity contribution is 0.385. The molecule has 2 aromatic rings. The van der Waals surface area contributed by atoms with Gasteiger partial charge in [-0.2, -0.15) is 4.31 Å². The van der Waals surface area contributed by atoms with Crippen molar-refractivity contribution in [2.75, 3.05) is 36.8 Å². The summed E-state index contributed by atoms with van der Waals surface area (Å²) in [5, 5.41) is 1.21. The predicted octanol–water partition coefficient (Wildman–Crippen LogP) is 1.65. The standard InChI is InChI=1S/C15H20N4O2S2/c1-2-23(20,21)19-8-6-18(7-9-19)14-13-11-4-3-5-12(11)22-15(13)17-10-16-14/h10H,2-9H2,1H3. The van der Waals surface area contributed by atoms with Crippen molar-refractivity contribution in [3.63, 3.8) is 0 Å². The summed E-state index contributed by atoms with van der Waals surface area (Å²) < 4.78 is 25.6. The molecular formula is C15H20N4O2S2.